The highest BCUT2D eigenvalue weighted by molar-refractivity contribution is 6.31. The first kappa shape index (κ1) is 15.5. The summed E-state index contributed by atoms with van der Waals surface area (Å²) in [5.41, 5.74) is 2.76. The second-order valence-corrected chi connectivity index (χ2v) is 5.33. The van der Waals surface area contributed by atoms with Crippen LogP contribution in [0.25, 0.3) is 0 Å². The van der Waals surface area contributed by atoms with Gasteiger partial charge in [0.2, 0.25) is 5.91 Å². The number of anilines is 1. The van der Waals surface area contributed by atoms with Crippen molar-refractivity contribution in [2.24, 2.45) is 0 Å². The molecular weight excluding hydrogens is 286 g/mol. The van der Waals surface area contributed by atoms with Gasteiger partial charge in [0.15, 0.2) is 0 Å². The van der Waals surface area contributed by atoms with Gasteiger partial charge in [0.25, 0.3) is 0 Å². The summed E-state index contributed by atoms with van der Waals surface area (Å²) >= 11 is 5.93. The van der Waals surface area contributed by atoms with E-state index in [1.165, 1.54) is 0 Å². The van der Waals surface area contributed by atoms with E-state index in [9.17, 15) is 4.79 Å². The predicted octanol–water partition coefficient (Wildman–Crippen LogP) is 3.33. The van der Waals surface area contributed by atoms with Crippen LogP contribution >= 0.6 is 11.6 Å². The van der Waals surface area contributed by atoms with E-state index in [0.29, 0.717) is 5.02 Å². The molecular formula is C16H18ClN3O. The van der Waals surface area contributed by atoms with Crippen molar-refractivity contribution in [3.8, 4) is 0 Å². The van der Waals surface area contributed by atoms with Gasteiger partial charge < -0.3 is 10.6 Å². The second kappa shape index (κ2) is 7.20. The minimum atomic E-state index is -0.101. The number of carbonyl (C=O) groups is 1. The molecule has 0 aliphatic rings. The highest BCUT2D eigenvalue weighted by Gasteiger charge is 2.09. The summed E-state index contributed by atoms with van der Waals surface area (Å²) in [7, 11) is 0. The molecule has 1 atom stereocenters. The summed E-state index contributed by atoms with van der Waals surface area (Å²) in [5.74, 6) is -0.101. The van der Waals surface area contributed by atoms with Gasteiger partial charge in [-0.3, -0.25) is 9.78 Å². The first-order chi connectivity index (χ1) is 10.1. The maximum absolute atomic E-state index is 12.0. The van der Waals surface area contributed by atoms with Crippen molar-refractivity contribution in [2.45, 2.75) is 19.9 Å². The number of nitrogens with zero attached hydrogens (tertiary/aromatic N) is 1. The first-order valence-electron chi connectivity index (χ1n) is 6.75. The fourth-order valence-electron chi connectivity index (χ4n) is 1.92. The van der Waals surface area contributed by atoms with Crippen molar-refractivity contribution in [1.29, 1.82) is 0 Å². The van der Waals surface area contributed by atoms with Gasteiger partial charge in [-0.05, 0) is 43.2 Å². The molecule has 0 aliphatic heterocycles. The normalized spacial score (nSPS) is 12.0. The smallest absolute Gasteiger partial charge is 0.238 e. The number of benzene rings is 1. The number of amides is 1. The third-order valence-corrected chi connectivity index (χ3v) is 3.46. The van der Waals surface area contributed by atoms with Gasteiger partial charge in [-0.1, -0.05) is 23.7 Å². The lowest BCUT2D eigenvalue weighted by atomic mass is 10.1. The van der Waals surface area contributed by atoms with Gasteiger partial charge in [-0.25, -0.2) is 0 Å². The quantitative estimate of drug-likeness (QED) is 0.891. The van der Waals surface area contributed by atoms with E-state index in [0.717, 1.165) is 16.8 Å². The molecule has 0 radical (unpaired) electrons. The molecule has 0 spiro atoms. The maximum Gasteiger partial charge on any atom is 0.238 e. The molecule has 1 aromatic carbocycles. The third-order valence-electron chi connectivity index (χ3n) is 3.23. The average Bonchev–Trinajstić information content (AvgIpc) is 2.49. The molecule has 2 aromatic rings. The van der Waals surface area contributed by atoms with Crippen LogP contribution in [0.15, 0.2) is 42.7 Å². The molecule has 0 aliphatic carbocycles. The summed E-state index contributed by atoms with van der Waals surface area (Å²) in [6.07, 6.45) is 3.52. The Morgan fingerprint density at radius 3 is 2.90 bits per heavy atom. The van der Waals surface area contributed by atoms with E-state index in [4.69, 9.17) is 11.6 Å². The van der Waals surface area contributed by atoms with Crippen LogP contribution in [0.5, 0.6) is 0 Å². The zero-order valence-electron chi connectivity index (χ0n) is 12.1. The van der Waals surface area contributed by atoms with Crippen LogP contribution in [0.1, 0.15) is 24.1 Å². The molecule has 0 fully saturated rings. The van der Waals surface area contributed by atoms with Crippen LogP contribution in [0, 0.1) is 6.92 Å². The van der Waals surface area contributed by atoms with Gasteiger partial charge in [0, 0.05) is 29.1 Å². The van der Waals surface area contributed by atoms with Gasteiger partial charge >= 0.3 is 0 Å². The van der Waals surface area contributed by atoms with Crippen molar-refractivity contribution in [1.82, 2.24) is 10.3 Å². The highest BCUT2D eigenvalue weighted by atomic mass is 35.5. The van der Waals surface area contributed by atoms with Crippen LogP contribution in [0.2, 0.25) is 5.02 Å². The largest absolute Gasteiger partial charge is 0.325 e. The van der Waals surface area contributed by atoms with E-state index in [1.54, 1.807) is 24.5 Å². The summed E-state index contributed by atoms with van der Waals surface area (Å²) in [4.78, 5) is 16.0. The summed E-state index contributed by atoms with van der Waals surface area (Å²) in [6, 6.07) is 9.34. The monoisotopic (exact) mass is 303 g/mol. The summed E-state index contributed by atoms with van der Waals surface area (Å²) in [5, 5.41) is 6.63. The molecule has 0 unspecified atom stereocenters. The van der Waals surface area contributed by atoms with Crippen LogP contribution < -0.4 is 10.6 Å². The second-order valence-electron chi connectivity index (χ2n) is 4.90. The molecule has 0 saturated carbocycles. The molecule has 2 N–H and O–H groups in total. The number of nitrogens with one attached hydrogen (secondary N) is 2. The number of hydrogen-bond acceptors (Lipinski definition) is 3. The van der Waals surface area contributed by atoms with Gasteiger partial charge in [0.1, 0.15) is 0 Å². The Labute approximate surface area is 129 Å². The van der Waals surface area contributed by atoms with E-state index < -0.39 is 0 Å². The lowest BCUT2D eigenvalue weighted by molar-refractivity contribution is -0.115. The van der Waals surface area contributed by atoms with Gasteiger partial charge in [-0.2, -0.15) is 0 Å². The lowest BCUT2D eigenvalue weighted by Gasteiger charge is -2.14. The van der Waals surface area contributed by atoms with Crippen molar-refractivity contribution in [3.63, 3.8) is 0 Å². The Morgan fingerprint density at radius 1 is 1.38 bits per heavy atom. The Bertz CT molecular complexity index is 616. The molecule has 1 amide bonds. The van der Waals surface area contributed by atoms with Crippen molar-refractivity contribution in [2.75, 3.05) is 11.9 Å². The molecule has 1 heterocycles. The van der Waals surface area contributed by atoms with E-state index >= 15 is 0 Å². The van der Waals surface area contributed by atoms with Gasteiger partial charge in [0.05, 0.1) is 6.54 Å². The number of aromatic nitrogens is 1. The average molecular weight is 304 g/mol. The summed E-state index contributed by atoms with van der Waals surface area (Å²) in [6.45, 7) is 4.15. The topological polar surface area (TPSA) is 54.0 Å². The number of pyridine rings is 1. The third kappa shape index (κ3) is 4.55. The molecule has 4 nitrogen and oxygen atoms in total. The van der Waals surface area contributed by atoms with E-state index in [-0.39, 0.29) is 18.5 Å². The Morgan fingerprint density at radius 2 is 2.19 bits per heavy atom. The van der Waals surface area contributed by atoms with Gasteiger partial charge in [-0.15, -0.1) is 0 Å². The molecule has 0 bridgehead atoms. The van der Waals surface area contributed by atoms with Crippen molar-refractivity contribution >= 4 is 23.2 Å². The molecule has 1 aromatic heterocycles. The predicted molar refractivity (Wildman–Crippen MR) is 85.5 cm³/mol. The number of halogens is 1. The fourth-order valence-corrected chi connectivity index (χ4v) is 2.09. The van der Waals surface area contributed by atoms with Crippen LogP contribution in [0.3, 0.4) is 0 Å². The molecule has 5 heteroatoms. The molecule has 2 rings (SSSR count). The SMILES string of the molecule is Cc1ccc(Cl)cc1NC(=O)CN[C@@H](C)c1cccnc1. The summed E-state index contributed by atoms with van der Waals surface area (Å²) < 4.78 is 0. The van der Waals surface area contributed by atoms with Crippen LogP contribution in [-0.2, 0) is 4.79 Å². The highest BCUT2D eigenvalue weighted by Crippen LogP contribution is 2.20. The zero-order valence-corrected chi connectivity index (χ0v) is 12.8. The number of aryl methyl sites for hydroxylation is 1. The molecule has 110 valence electrons. The van der Waals surface area contributed by atoms with Crippen molar-refractivity contribution < 1.29 is 4.79 Å². The lowest BCUT2D eigenvalue weighted by Crippen LogP contribution is -2.30. The molecule has 0 saturated heterocycles. The number of rotatable bonds is 5. The number of hydrogen-bond donors (Lipinski definition) is 2. The first-order valence-corrected chi connectivity index (χ1v) is 7.13. The standard InChI is InChI=1S/C16H18ClN3O/c1-11-5-6-14(17)8-15(11)20-16(21)10-19-12(2)13-4-3-7-18-9-13/h3-9,12,19H,10H2,1-2H3,(H,20,21)/t12-/m0/s1. The zero-order chi connectivity index (χ0) is 15.2. The Kier molecular flexibility index (Phi) is 5.31. The minimum absolute atomic E-state index is 0.0601. The Balaban J connectivity index is 1.89. The van der Waals surface area contributed by atoms with Crippen molar-refractivity contribution in [3.05, 3.63) is 58.9 Å². The fraction of sp³-hybridized carbons (Fsp3) is 0.250. The van der Waals surface area contributed by atoms with Crippen LogP contribution in [0.4, 0.5) is 5.69 Å². The maximum atomic E-state index is 12.0. The number of carbonyl (C=O) groups excluding carboxylic acids is 1. The van der Waals surface area contributed by atoms with Crippen LogP contribution in [-0.4, -0.2) is 17.4 Å². The van der Waals surface area contributed by atoms with E-state index in [1.807, 2.05) is 32.0 Å². The molecule has 21 heavy (non-hydrogen) atoms. The Hall–Kier alpha value is -1.91. The van der Waals surface area contributed by atoms with E-state index in [2.05, 4.69) is 15.6 Å². The minimum Gasteiger partial charge on any atom is -0.325 e.